The molecule has 1 heterocycles. The lowest BCUT2D eigenvalue weighted by atomic mass is 10.2. The fraction of sp³-hybridized carbons (Fsp3) is 0.600. The normalized spacial score (nSPS) is 10.8. The van der Waals surface area contributed by atoms with Crippen LogP contribution in [0.1, 0.15) is 43.2 Å². The van der Waals surface area contributed by atoms with Crippen LogP contribution in [0.3, 0.4) is 0 Å². The molecule has 0 atom stereocenters. The molecule has 0 aromatic carbocycles. The molecule has 0 aliphatic rings. The van der Waals surface area contributed by atoms with E-state index < -0.39 is 0 Å². The highest BCUT2D eigenvalue weighted by Crippen LogP contribution is 2.08. The molecular weight excluding hydrogens is 252 g/mol. The first kappa shape index (κ1) is 16.4. The van der Waals surface area contributed by atoms with E-state index >= 15 is 0 Å². The van der Waals surface area contributed by atoms with Gasteiger partial charge in [-0.25, -0.2) is 4.98 Å². The van der Waals surface area contributed by atoms with Crippen molar-refractivity contribution in [3.8, 4) is 0 Å². The van der Waals surface area contributed by atoms with Crippen molar-refractivity contribution in [1.82, 2.24) is 15.2 Å². The molecular formula is C15H26N4O. The van der Waals surface area contributed by atoms with Crippen molar-refractivity contribution in [2.75, 3.05) is 31.9 Å². The predicted molar refractivity (Wildman–Crippen MR) is 82.8 cm³/mol. The molecule has 20 heavy (non-hydrogen) atoms. The Bertz CT molecular complexity index is 434. The molecule has 0 unspecified atom stereocenters. The third-order valence-electron chi connectivity index (χ3n) is 3.22. The lowest BCUT2D eigenvalue weighted by molar-refractivity contribution is 0.0948. The number of aryl methyl sites for hydroxylation is 1. The summed E-state index contributed by atoms with van der Waals surface area (Å²) in [4.78, 5) is 18.6. The number of anilines is 1. The summed E-state index contributed by atoms with van der Waals surface area (Å²) in [5, 5.41) is 2.94. The number of nitrogens with two attached hydrogens (primary N) is 1. The molecule has 0 radical (unpaired) electrons. The molecule has 0 aliphatic carbocycles. The molecule has 5 nitrogen and oxygen atoms in total. The summed E-state index contributed by atoms with van der Waals surface area (Å²) in [6, 6.07) is 3.42. The van der Waals surface area contributed by atoms with Crippen LogP contribution in [0.4, 0.5) is 5.82 Å². The summed E-state index contributed by atoms with van der Waals surface area (Å²) in [5.41, 5.74) is 7.15. The maximum Gasteiger partial charge on any atom is 0.251 e. The first-order valence-electron chi connectivity index (χ1n) is 7.37. The highest BCUT2D eigenvalue weighted by Gasteiger charge is 2.08. The minimum Gasteiger partial charge on any atom is -0.384 e. The lowest BCUT2D eigenvalue weighted by Gasteiger charge is -2.19. The van der Waals surface area contributed by atoms with Crippen LogP contribution in [0.15, 0.2) is 12.1 Å². The van der Waals surface area contributed by atoms with E-state index in [2.05, 4.69) is 29.0 Å². The predicted octanol–water partition coefficient (Wildman–Crippen LogP) is 1.69. The molecule has 1 aromatic rings. The fourth-order valence-electron chi connectivity index (χ4n) is 2.10. The van der Waals surface area contributed by atoms with Gasteiger partial charge in [-0.1, -0.05) is 20.8 Å². The maximum absolute atomic E-state index is 12.1. The van der Waals surface area contributed by atoms with Gasteiger partial charge < -0.3 is 16.0 Å². The maximum atomic E-state index is 12.1. The van der Waals surface area contributed by atoms with Crippen molar-refractivity contribution >= 4 is 11.7 Å². The van der Waals surface area contributed by atoms with Gasteiger partial charge in [-0.2, -0.15) is 0 Å². The van der Waals surface area contributed by atoms with Crippen LogP contribution >= 0.6 is 0 Å². The van der Waals surface area contributed by atoms with E-state index in [1.165, 1.54) is 0 Å². The van der Waals surface area contributed by atoms with Gasteiger partial charge in [0.15, 0.2) is 0 Å². The topological polar surface area (TPSA) is 71.2 Å². The minimum atomic E-state index is -0.0821. The number of hydrogen-bond donors (Lipinski definition) is 2. The Balaban J connectivity index is 2.52. The SMILES string of the molecule is CCCN(CC)CCNC(=O)c1cc(N)nc(CC)c1. The monoisotopic (exact) mass is 278 g/mol. The minimum absolute atomic E-state index is 0.0821. The quantitative estimate of drug-likeness (QED) is 0.759. The van der Waals surface area contributed by atoms with Gasteiger partial charge in [0.2, 0.25) is 0 Å². The van der Waals surface area contributed by atoms with Gasteiger partial charge in [0.25, 0.3) is 5.91 Å². The third kappa shape index (κ3) is 5.17. The lowest BCUT2D eigenvalue weighted by Crippen LogP contribution is -2.35. The smallest absolute Gasteiger partial charge is 0.251 e. The number of nitrogen functional groups attached to an aromatic ring is 1. The average molecular weight is 278 g/mol. The number of rotatable bonds is 8. The van der Waals surface area contributed by atoms with Gasteiger partial charge in [0.1, 0.15) is 5.82 Å². The second-order valence-electron chi connectivity index (χ2n) is 4.82. The van der Waals surface area contributed by atoms with Crippen LogP contribution < -0.4 is 11.1 Å². The standard InChI is InChI=1S/C15H26N4O/c1-4-8-19(6-3)9-7-17-15(20)12-10-13(5-2)18-14(16)11-12/h10-11H,4-9H2,1-3H3,(H2,16,18)(H,17,20). The van der Waals surface area contributed by atoms with E-state index in [-0.39, 0.29) is 5.91 Å². The van der Waals surface area contributed by atoms with E-state index in [1.807, 2.05) is 6.92 Å². The van der Waals surface area contributed by atoms with Crippen LogP contribution in [-0.4, -0.2) is 42.0 Å². The Morgan fingerprint density at radius 3 is 2.65 bits per heavy atom. The summed E-state index contributed by atoms with van der Waals surface area (Å²) >= 11 is 0. The molecule has 5 heteroatoms. The Kier molecular flexibility index (Phi) is 7.01. The van der Waals surface area contributed by atoms with Crippen LogP contribution in [0.25, 0.3) is 0 Å². The molecule has 3 N–H and O–H groups in total. The van der Waals surface area contributed by atoms with Gasteiger partial charge in [0.05, 0.1) is 0 Å². The van der Waals surface area contributed by atoms with Crippen molar-refractivity contribution in [3.05, 3.63) is 23.4 Å². The average Bonchev–Trinajstić information content (AvgIpc) is 2.45. The van der Waals surface area contributed by atoms with Crippen molar-refractivity contribution < 1.29 is 4.79 Å². The molecule has 112 valence electrons. The van der Waals surface area contributed by atoms with Crippen molar-refractivity contribution in [2.24, 2.45) is 0 Å². The molecule has 0 spiro atoms. The Labute approximate surface area is 121 Å². The number of pyridine rings is 1. The van der Waals surface area contributed by atoms with Crippen LogP contribution in [-0.2, 0) is 6.42 Å². The van der Waals surface area contributed by atoms with Crippen molar-refractivity contribution in [2.45, 2.75) is 33.6 Å². The number of aromatic nitrogens is 1. The van der Waals surface area contributed by atoms with Gasteiger partial charge in [-0.3, -0.25) is 4.79 Å². The van der Waals surface area contributed by atoms with E-state index in [1.54, 1.807) is 12.1 Å². The summed E-state index contributed by atoms with van der Waals surface area (Å²) in [7, 11) is 0. The summed E-state index contributed by atoms with van der Waals surface area (Å²) in [6.45, 7) is 9.88. The number of nitrogens with zero attached hydrogens (tertiary/aromatic N) is 2. The fourth-order valence-corrected chi connectivity index (χ4v) is 2.10. The first-order valence-corrected chi connectivity index (χ1v) is 7.37. The molecule has 1 aromatic heterocycles. The number of carbonyl (C=O) groups excluding carboxylic acids is 1. The highest BCUT2D eigenvalue weighted by atomic mass is 16.1. The summed E-state index contributed by atoms with van der Waals surface area (Å²) in [5.74, 6) is 0.317. The van der Waals surface area contributed by atoms with Crippen LogP contribution in [0.5, 0.6) is 0 Å². The highest BCUT2D eigenvalue weighted by molar-refractivity contribution is 5.94. The zero-order chi connectivity index (χ0) is 15.0. The zero-order valence-electron chi connectivity index (χ0n) is 12.8. The van der Waals surface area contributed by atoms with Crippen molar-refractivity contribution in [1.29, 1.82) is 0 Å². The zero-order valence-corrected chi connectivity index (χ0v) is 12.8. The van der Waals surface area contributed by atoms with Crippen LogP contribution in [0, 0.1) is 0 Å². The van der Waals surface area contributed by atoms with E-state index in [0.717, 1.165) is 38.2 Å². The van der Waals surface area contributed by atoms with Gasteiger partial charge in [-0.05, 0) is 38.1 Å². The molecule has 1 amide bonds. The Morgan fingerprint density at radius 2 is 2.05 bits per heavy atom. The molecule has 0 aliphatic heterocycles. The Hall–Kier alpha value is -1.62. The van der Waals surface area contributed by atoms with Crippen molar-refractivity contribution in [3.63, 3.8) is 0 Å². The number of carbonyl (C=O) groups is 1. The summed E-state index contributed by atoms with van der Waals surface area (Å²) in [6.07, 6.45) is 1.90. The second kappa shape index (κ2) is 8.53. The molecule has 1 rings (SSSR count). The van der Waals surface area contributed by atoms with Crippen LogP contribution in [0.2, 0.25) is 0 Å². The van der Waals surface area contributed by atoms with Gasteiger partial charge in [-0.15, -0.1) is 0 Å². The summed E-state index contributed by atoms with van der Waals surface area (Å²) < 4.78 is 0. The number of amides is 1. The number of nitrogens with one attached hydrogen (secondary N) is 1. The van der Waals surface area contributed by atoms with E-state index in [9.17, 15) is 4.79 Å². The molecule has 0 saturated carbocycles. The second-order valence-corrected chi connectivity index (χ2v) is 4.82. The third-order valence-corrected chi connectivity index (χ3v) is 3.22. The molecule has 0 fully saturated rings. The molecule has 0 saturated heterocycles. The van der Waals surface area contributed by atoms with Gasteiger partial charge in [0, 0.05) is 24.3 Å². The van der Waals surface area contributed by atoms with E-state index in [0.29, 0.717) is 17.9 Å². The molecule has 0 bridgehead atoms. The number of likely N-dealkylation sites (N-methyl/N-ethyl adjacent to an activating group) is 1. The van der Waals surface area contributed by atoms with E-state index in [4.69, 9.17) is 5.73 Å². The number of hydrogen-bond acceptors (Lipinski definition) is 4. The van der Waals surface area contributed by atoms with Gasteiger partial charge >= 0.3 is 0 Å². The largest absolute Gasteiger partial charge is 0.384 e. The first-order chi connectivity index (χ1) is 9.60. The Morgan fingerprint density at radius 1 is 1.30 bits per heavy atom.